The third-order valence-electron chi connectivity index (χ3n) is 5.12. The van der Waals surface area contributed by atoms with Gasteiger partial charge in [-0.05, 0) is 50.4 Å². The second-order valence-electron chi connectivity index (χ2n) is 7.17. The van der Waals surface area contributed by atoms with Gasteiger partial charge in [0.15, 0.2) is 0 Å². The molecule has 4 rings (SSSR count). The molecule has 2 heterocycles. The number of piperidine rings is 1. The molecule has 1 N–H and O–H groups in total. The Labute approximate surface area is 157 Å². The standard InChI is InChI=1S/C19H23ClN4O2/c20-16-4-2-1-3-15(16)11-21-17(25)12-24-9-7-14(8-10-24)19-23-22-18(26-19)13-5-6-13/h1-4,13-14H,5-12H2,(H,21,25). The van der Waals surface area contributed by atoms with Crippen molar-refractivity contribution in [2.45, 2.75) is 44.1 Å². The minimum Gasteiger partial charge on any atom is -0.425 e. The predicted octanol–water partition coefficient (Wildman–Crippen LogP) is 3.10. The molecule has 7 heteroatoms. The zero-order chi connectivity index (χ0) is 17.9. The molecule has 0 unspecified atom stereocenters. The Kier molecular flexibility index (Phi) is 5.22. The highest BCUT2D eigenvalue weighted by molar-refractivity contribution is 6.31. The Morgan fingerprint density at radius 1 is 1.12 bits per heavy atom. The predicted molar refractivity (Wildman–Crippen MR) is 98.0 cm³/mol. The van der Waals surface area contributed by atoms with E-state index < -0.39 is 0 Å². The van der Waals surface area contributed by atoms with Gasteiger partial charge < -0.3 is 9.73 Å². The summed E-state index contributed by atoms with van der Waals surface area (Å²) in [6.07, 6.45) is 4.24. The Morgan fingerprint density at radius 3 is 2.42 bits per heavy atom. The van der Waals surface area contributed by atoms with Crippen molar-refractivity contribution in [1.82, 2.24) is 20.4 Å². The summed E-state index contributed by atoms with van der Waals surface area (Å²) in [6, 6.07) is 7.56. The maximum Gasteiger partial charge on any atom is 0.234 e. The van der Waals surface area contributed by atoms with Gasteiger partial charge >= 0.3 is 0 Å². The summed E-state index contributed by atoms with van der Waals surface area (Å²) in [4.78, 5) is 14.4. The molecule has 6 nitrogen and oxygen atoms in total. The minimum atomic E-state index is 0.0252. The van der Waals surface area contributed by atoms with E-state index in [4.69, 9.17) is 16.0 Å². The molecule has 0 spiro atoms. The number of halogens is 1. The van der Waals surface area contributed by atoms with Crippen LogP contribution < -0.4 is 5.32 Å². The van der Waals surface area contributed by atoms with Crippen molar-refractivity contribution in [3.63, 3.8) is 0 Å². The monoisotopic (exact) mass is 374 g/mol. The lowest BCUT2D eigenvalue weighted by Crippen LogP contribution is -2.41. The van der Waals surface area contributed by atoms with Crippen LogP contribution in [0.2, 0.25) is 5.02 Å². The number of carbonyl (C=O) groups is 1. The van der Waals surface area contributed by atoms with E-state index in [2.05, 4.69) is 20.4 Å². The number of nitrogens with zero attached hydrogens (tertiary/aromatic N) is 3. The molecule has 1 aromatic heterocycles. The summed E-state index contributed by atoms with van der Waals surface area (Å²) in [5, 5.41) is 12.0. The largest absolute Gasteiger partial charge is 0.425 e. The van der Waals surface area contributed by atoms with E-state index >= 15 is 0 Å². The zero-order valence-electron chi connectivity index (χ0n) is 14.7. The average Bonchev–Trinajstić information content (AvgIpc) is 3.39. The Hall–Kier alpha value is -1.92. The van der Waals surface area contributed by atoms with Crippen LogP contribution in [0.25, 0.3) is 0 Å². The molecule has 1 aromatic carbocycles. The molecule has 0 atom stereocenters. The SMILES string of the molecule is O=C(CN1CCC(c2nnc(C3CC3)o2)CC1)NCc1ccccc1Cl. The maximum absolute atomic E-state index is 12.2. The first-order valence-corrected chi connectivity index (χ1v) is 9.62. The fraction of sp³-hybridized carbons (Fsp3) is 0.526. The number of hydrogen-bond donors (Lipinski definition) is 1. The first-order chi connectivity index (χ1) is 12.7. The normalized spacial score (nSPS) is 18.8. The number of amides is 1. The number of hydrogen-bond acceptors (Lipinski definition) is 5. The Bertz CT molecular complexity index is 766. The molecule has 2 aromatic rings. The lowest BCUT2D eigenvalue weighted by Gasteiger charge is -2.29. The topological polar surface area (TPSA) is 71.3 Å². The smallest absolute Gasteiger partial charge is 0.234 e. The van der Waals surface area contributed by atoms with E-state index in [9.17, 15) is 4.79 Å². The van der Waals surface area contributed by atoms with Crippen LogP contribution in [0.1, 0.15) is 54.9 Å². The van der Waals surface area contributed by atoms with Gasteiger partial charge in [-0.25, -0.2) is 0 Å². The van der Waals surface area contributed by atoms with E-state index in [0.29, 0.717) is 29.9 Å². The van der Waals surface area contributed by atoms with Crippen LogP contribution in [0.3, 0.4) is 0 Å². The van der Waals surface area contributed by atoms with E-state index in [-0.39, 0.29) is 5.91 Å². The molecule has 1 aliphatic heterocycles. The van der Waals surface area contributed by atoms with Gasteiger partial charge in [0.2, 0.25) is 17.7 Å². The van der Waals surface area contributed by atoms with Gasteiger partial charge in [0.05, 0.1) is 6.54 Å². The molecule has 1 aliphatic carbocycles. The van der Waals surface area contributed by atoms with Gasteiger partial charge in [-0.1, -0.05) is 29.8 Å². The Morgan fingerprint density at radius 2 is 1.77 bits per heavy atom. The molecule has 26 heavy (non-hydrogen) atoms. The molecule has 1 saturated carbocycles. The van der Waals surface area contributed by atoms with Crippen LogP contribution in [0.15, 0.2) is 28.7 Å². The van der Waals surface area contributed by atoms with Crippen molar-refractivity contribution in [1.29, 1.82) is 0 Å². The molecule has 1 saturated heterocycles. The fourth-order valence-corrected chi connectivity index (χ4v) is 3.54. The third kappa shape index (κ3) is 4.24. The highest BCUT2D eigenvalue weighted by Crippen LogP contribution is 2.40. The number of likely N-dealkylation sites (tertiary alicyclic amines) is 1. The first kappa shape index (κ1) is 17.5. The fourth-order valence-electron chi connectivity index (χ4n) is 3.34. The summed E-state index contributed by atoms with van der Waals surface area (Å²) in [5.74, 6) is 2.42. The van der Waals surface area contributed by atoms with Crippen molar-refractivity contribution in [2.75, 3.05) is 19.6 Å². The van der Waals surface area contributed by atoms with E-state index in [1.165, 1.54) is 12.8 Å². The van der Waals surface area contributed by atoms with Crippen molar-refractivity contribution in [3.05, 3.63) is 46.6 Å². The van der Waals surface area contributed by atoms with Crippen molar-refractivity contribution in [2.24, 2.45) is 0 Å². The summed E-state index contributed by atoms with van der Waals surface area (Å²) >= 11 is 6.12. The molecule has 1 amide bonds. The maximum atomic E-state index is 12.2. The van der Waals surface area contributed by atoms with Gasteiger partial charge in [0, 0.05) is 23.4 Å². The quantitative estimate of drug-likeness (QED) is 0.841. The van der Waals surface area contributed by atoms with Crippen molar-refractivity contribution in [3.8, 4) is 0 Å². The first-order valence-electron chi connectivity index (χ1n) is 9.25. The third-order valence-corrected chi connectivity index (χ3v) is 5.49. The lowest BCUT2D eigenvalue weighted by atomic mass is 9.97. The van der Waals surface area contributed by atoms with Crippen LogP contribution in [-0.2, 0) is 11.3 Å². The van der Waals surface area contributed by atoms with Crippen LogP contribution in [0.4, 0.5) is 0 Å². The van der Waals surface area contributed by atoms with Crippen LogP contribution in [-0.4, -0.2) is 40.6 Å². The van der Waals surface area contributed by atoms with Gasteiger partial charge in [-0.2, -0.15) is 0 Å². The zero-order valence-corrected chi connectivity index (χ0v) is 15.4. The number of benzene rings is 1. The highest BCUT2D eigenvalue weighted by Gasteiger charge is 2.31. The molecular weight excluding hydrogens is 352 g/mol. The van der Waals surface area contributed by atoms with E-state index in [1.807, 2.05) is 24.3 Å². The number of aromatic nitrogens is 2. The van der Waals surface area contributed by atoms with Crippen LogP contribution in [0.5, 0.6) is 0 Å². The number of carbonyl (C=O) groups excluding carboxylic acids is 1. The lowest BCUT2D eigenvalue weighted by molar-refractivity contribution is -0.122. The van der Waals surface area contributed by atoms with Gasteiger partial charge in [-0.3, -0.25) is 9.69 Å². The molecule has 138 valence electrons. The molecule has 2 fully saturated rings. The molecule has 2 aliphatic rings. The van der Waals surface area contributed by atoms with E-state index in [1.54, 1.807) is 0 Å². The molecule has 0 radical (unpaired) electrons. The summed E-state index contributed by atoms with van der Waals surface area (Å²) in [5.41, 5.74) is 0.934. The van der Waals surface area contributed by atoms with Crippen LogP contribution in [0, 0.1) is 0 Å². The average molecular weight is 375 g/mol. The number of nitrogens with one attached hydrogen (secondary N) is 1. The van der Waals surface area contributed by atoms with Crippen LogP contribution >= 0.6 is 11.6 Å². The summed E-state index contributed by atoms with van der Waals surface area (Å²) in [6.45, 7) is 2.60. The highest BCUT2D eigenvalue weighted by atomic mass is 35.5. The molecular formula is C19H23ClN4O2. The van der Waals surface area contributed by atoms with Crippen molar-refractivity contribution >= 4 is 17.5 Å². The molecule has 0 bridgehead atoms. The minimum absolute atomic E-state index is 0.0252. The van der Waals surface area contributed by atoms with Gasteiger partial charge in [-0.15, -0.1) is 10.2 Å². The number of rotatable bonds is 6. The van der Waals surface area contributed by atoms with Crippen molar-refractivity contribution < 1.29 is 9.21 Å². The second-order valence-corrected chi connectivity index (χ2v) is 7.58. The summed E-state index contributed by atoms with van der Waals surface area (Å²) in [7, 11) is 0. The van der Waals surface area contributed by atoms with E-state index in [0.717, 1.165) is 43.3 Å². The summed E-state index contributed by atoms with van der Waals surface area (Å²) < 4.78 is 5.83. The Balaban J connectivity index is 1.21. The van der Waals surface area contributed by atoms with Gasteiger partial charge in [0.25, 0.3) is 0 Å². The second kappa shape index (κ2) is 7.76. The van der Waals surface area contributed by atoms with Gasteiger partial charge in [0.1, 0.15) is 0 Å².